The summed E-state index contributed by atoms with van der Waals surface area (Å²) in [5, 5.41) is -0.175. The molecule has 2 atom stereocenters. The molecule has 2 unspecified atom stereocenters. The van der Waals surface area contributed by atoms with Crippen LogP contribution in [0, 0.1) is 0 Å². The molecule has 1 aliphatic rings. The summed E-state index contributed by atoms with van der Waals surface area (Å²) < 4.78 is 20.0. The van der Waals surface area contributed by atoms with E-state index in [1.54, 1.807) is 0 Å². The molecule has 5 heteroatoms. The van der Waals surface area contributed by atoms with Crippen LogP contribution < -0.4 is 0 Å². The molecule has 0 radical (unpaired) electrons. The number of nitrogens with zero attached hydrogens (tertiary/aromatic N) is 1. The second kappa shape index (κ2) is 6.77. The lowest BCUT2D eigenvalue weighted by Gasteiger charge is -2.28. The molecule has 84 valence electrons. The van der Waals surface area contributed by atoms with Crippen molar-refractivity contribution < 1.29 is 8.76 Å². The molecule has 3 nitrogen and oxygen atoms in total. The number of likely N-dealkylation sites (tertiary alicyclic amines) is 1. The summed E-state index contributed by atoms with van der Waals surface area (Å²) >= 11 is 3.86. The van der Waals surface area contributed by atoms with Crippen LogP contribution >= 0.6 is 11.6 Å². The standard InChI is InChI=1S/C9H18ClNO2S/c10-5-4-9(14(12)13)8-11-6-2-1-3-7-11/h9H,1-8H2,(H,12,13). The van der Waals surface area contributed by atoms with Crippen LogP contribution in [-0.2, 0) is 11.1 Å². The second-order valence-corrected chi connectivity index (χ2v) is 5.33. The number of piperidine rings is 1. The molecule has 0 bridgehead atoms. The predicted molar refractivity (Wildman–Crippen MR) is 60.2 cm³/mol. The minimum atomic E-state index is -1.73. The molecule has 0 aromatic carbocycles. The van der Waals surface area contributed by atoms with Crippen LogP contribution in [0.3, 0.4) is 0 Å². The van der Waals surface area contributed by atoms with Crippen molar-refractivity contribution in [1.29, 1.82) is 0 Å². The average molecular weight is 240 g/mol. The van der Waals surface area contributed by atoms with Crippen LogP contribution in [-0.4, -0.2) is 44.4 Å². The molecule has 0 aliphatic carbocycles. The van der Waals surface area contributed by atoms with Crippen LogP contribution in [0.15, 0.2) is 0 Å². The van der Waals surface area contributed by atoms with E-state index in [-0.39, 0.29) is 5.25 Å². The first-order valence-corrected chi connectivity index (χ1v) is 6.82. The minimum Gasteiger partial charge on any atom is -0.306 e. The first kappa shape index (κ1) is 12.4. The predicted octanol–water partition coefficient (Wildman–Crippen LogP) is 1.69. The number of halogens is 1. The third-order valence-electron chi connectivity index (χ3n) is 2.63. The van der Waals surface area contributed by atoms with E-state index < -0.39 is 11.1 Å². The average Bonchev–Trinajstić information content (AvgIpc) is 2.18. The van der Waals surface area contributed by atoms with Crippen molar-refractivity contribution in [2.75, 3.05) is 25.5 Å². The fourth-order valence-electron chi connectivity index (χ4n) is 1.81. The van der Waals surface area contributed by atoms with Gasteiger partial charge in [-0.15, -0.1) is 11.6 Å². The summed E-state index contributed by atoms with van der Waals surface area (Å²) in [4.78, 5) is 2.27. The molecule has 1 N–H and O–H groups in total. The number of hydrogen-bond acceptors (Lipinski definition) is 2. The molecule has 1 rings (SSSR count). The Morgan fingerprint density at radius 1 is 1.36 bits per heavy atom. The van der Waals surface area contributed by atoms with Gasteiger partial charge >= 0.3 is 0 Å². The Morgan fingerprint density at radius 2 is 2.00 bits per heavy atom. The van der Waals surface area contributed by atoms with Gasteiger partial charge in [-0.2, -0.15) is 0 Å². The van der Waals surface area contributed by atoms with Crippen LogP contribution in [0.1, 0.15) is 25.7 Å². The van der Waals surface area contributed by atoms with E-state index in [0.717, 1.165) is 19.6 Å². The molecule has 0 saturated carbocycles. The zero-order valence-electron chi connectivity index (χ0n) is 8.32. The SMILES string of the molecule is O=S(O)C(CCCl)CN1CCCCC1. The topological polar surface area (TPSA) is 40.5 Å². The smallest absolute Gasteiger partial charge is 0.157 e. The van der Waals surface area contributed by atoms with Gasteiger partial charge in [0, 0.05) is 12.4 Å². The Labute approximate surface area is 93.1 Å². The van der Waals surface area contributed by atoms with Gasteiger partial charge in [0.05, 0.1) is 5.25 Å². The molecule has 1 fully saturated rings. The van der Waals surface area contributed by atoms with Crippen molar-refractivity contribution in [2.24, 2.45) is 0 Å². The summed E-state index contributed by atoms with van der Waals surface area (Å²) in [6.45, 7) is 2.85. The molecule has 0 aromatic heterocycles. The van der Waals surface area contributed by atoms with Crippen molar-refractivity contribution in [1.82, 2.24) is 4.90 Å². The third kappa shape index (κ3) is 4.26. The van der Waals surface area contributed by atoms with E-state index in [9.17, 15) is 4.21 Å². The van der Waals surface area contributed by atoms with E-state index in [1.807, 2.05) is 0 Å². The van der Waals surface area contributed by atoms with Gasteiger partial charge in [0.2, 0.25) is 0 Å². The van der Waals surface area contributed by atoms with Gasteiger partial charge in [0.25, 0.3) is 0 Å². The van der Waals surface area contributed by atoms with E-state index in [1.165, 1.54) is 19.3 Å². The minimum absolute atomic E-state index is 0.175. The molecule has 14 heavy (non-hydrogen) atoms. The van der Waals surface area contributed by atoms with Crippen molar-refractivity contribution in [3.8, 4) is 0 Å². The highest BCUT2D eigenvalue weighted by Crippen LogP contribution is 2.12. The van der Waals surface area contributed by atoms with E-state index in [0.29, 0.717) is 12.3 Å². The Balaban J connectivity index is 2.33. The Bertz CT molecular complexity index is 186. The summed E-state index contributed by atoms with van der Waals surface area (Å²) in [6.07, 6.45) is 4.34. The van der Waals surface area contributed by atoms with Crippen LogP contribution in [0.2, 0.25) is 0 Å². The molecule has 0 aromatic rings. The second-order valence-electron chi connectivity index (χ2n) is 3.74. The first-order chi connectivity index (χ1) is 6.74. The fourth-order valence-corrected chi connectivity index (χ4v) is 2.86. The zero-order valence-corrected chi connectivity index (χ0v) is 9.90. The van der Waals surface area contributed by atoms with Crippen molar-refractivity contribution in [2.45, 2.75) is 30.9 Å². The molecule has 0 amide bonds. The van der Waals surface area contributed by atoms with Crippen molar-refractivity contribution in [3.05, 3.63) is 0 Å². The van der Waals surface area contributed by atoms with Crippen molar-refractivity contribution in [3.63, 3.8) is 0 Å². The molecule has 1 saturated heterocycles. The van der Waals surface area contributed by atoms with Gasteiger partial charge in [0.1, 0.15) is 0 Å². The maximum absolute atomic E-state index is 11.0. The molecule has 1 heterocycles. The molecular weight excluding hydrogens is 222 g/mol. The highest BCUT2D eigenvalue weighted by atomic mass is 35.5. The largest absolute Gasteiger partial charge is 0.306 e. The van der Waals surface area contributed by atoms with Crippen LogP contribution in [0.5, 0.6) is 0 Å². The van der Waals surface area contributed by atoms with E-state index >= 15 is 0 Å². The normalized spacial score (nSPS) is 23.3. The Hall–Kier alpha value is 0.360. The number of alkyl halides is 1. The lowest BCUT2D eigenvalue weighted by Crippen LogP contribution is -2.38. The van der Waals surface area contributed by atoms with E-state index in [2.05, 4.69) is 4.90 Å². The molecular formula is C9H18ClNO2S. The first-order valence-electron chi connectivity index (χ1n) is 5.12. The van der Waals surface area contributed by atoms with Gasteiger partial charge in [-0.3, -0.25) is 0 Å². The monoisotopic (exact) mass is 239 g/mol. The zero-order chi connectivity index (χ0) is 10.4. The van der Waals surface area contributed by atoms with E-state index in [4.69, 9.17) is 16.2 Å². The van der Waals surface area contributed by atoms with Gasteiger partial charge < -0.3 is 9.45 Å². The lowest BCUT2D eigenvalue weighted by molar-refractivity contribution is 0.226. The van der Waals surface area contributed by atoms with Gasteiger partial charge in [0.15, 0.2) is 11.1 Å². The molecule has 1 aliphatic heterocycles. The number of hydrogen-bond donors (Lipinski definition) is 1. The highest BCUT2D eigenvalue weighted by molar-refractivity contribution is 7.79. The van der Waals surface area contributed by atoms with Gasteiger partial charge in [-0.05, 0) is 32.4 Å². The summed E-state index contributed by atoms with van der Waals surface area (Å²) in [5.41, 5.74) is 0. The maximum Gasteiger partial charge on any atom is 0.157 e. The summed E-state index contributed by atoms with van der Waals surface area (Å²) in [5.74, 6) is 0.463. The van der Waals surface area contributed by atoms with Crippen LogP contribution in [0.4, 0.5) is 0 Å². The Kier molecular flexibility index (Phi) is 6.01. The van der Waals surface area contributed by atoms with Crippen LogP contribution in [0.25, 0.3) is 0 Å². The Morgan fingerprint density at radius 3 is 2.50 bits per heavy atom. The summed E-state index contributed by atoms with van der Waals surface area (Å²) in [7, 11) is 0. The van der Waals surface area contributed by atoms with Gasteiger partial charge in [-0.1, -0.05) is 6.42 Å². The highest BCUT2D eigenvalue weighted by Gasteiger charge is 2.19. The third-order valence-corrected chi connectivity index (χ3v) is 3.80. The fraction of sp³-hybridized carbons (Fsp3) is 1.00. The van der Waals surface area contributed by atoms with Gasteiger partial charge in [-0.25, -0.2) is 4.21 Å². The summed E-state index contributed by atoms with van der Waals surface area (Å²) in [6, 6.07) is 0. The quantitative estimate of drug-likeness (QED) is 0.587. The number of rotatable bonds is 5. The molecule has 0 spiro atoms. The maximum atomic E-state index is 11.0. The van der Waals surface area contributed by atoms with Crippen molar-refractivity contribution >= 4 is 22.7 Å². The lowest BCUT2D eigenvalue weighted by atomic mass is 10.1.